The van der Waals surface area contributed by atoms with E-state index in [-0.39, 0.29) is 52.2 Å². The van der Waals surface area contributed by atoms with Crippen LogP contribution >= 0.6 is 11.8 Å². The first kappa shape index (κ1) is 20.6. The van der Waals surface area contributed by atoms with E-state index < -0.39 is 0 Å². The molecular weight excluding hydrogens is 386 g/mol. The number of hydrogen-bond donors (Lipinski definition) is 2. The van der Waals surface area contributed by atoms with E-state index in [4.69, 9.17) is 0 Å². The van der Waals surface area contributed by atoms with Crippen LogP contribution in [0, 0.1) is 0 Å². The van der Waals surface area contributed by atoms with Crippen molar-refractivity contribution in [3.63, 3.8) is 0 Å². The average molecular weight is 405 g/mol. The molecule has 1 aliphatic rings. The number of thioether (sulfide) groups is 1. The molecular formula is C10H19Br2N3O2S. The fourth-order valence-corrected chi connectivity index (χ4v) is 2.49. The lowest BCUT2D eigenvalue weighted by molar-refractivity contribution is -0.893. The SMILES string of the molecule is CC[NH+](CC)CCSC1=NC(=O)CC(=O)[NH2+]1.[Br-].[Br-]. The van der Waals surface area contributed by atoms with Gasteiger partial charge in [-0.3, -0.25) is 4.79 Å². The molecule has 3 N–H and O–H groups in total. The zero-order valence-electron chi connectivity index (χ0n) is 10.5. The standard InChI is InChI=1S/C10H17N3O2S.2BrH/c1-3-13(4-2)5-6-16-10-11-8(14)7-9(15)12-10;;/h3-7H2,1-2H3,(H,11,12,14,15);2*1H. The Morgan fingerprint density at radius 2 is 1.89 bits per heavy atom. The van der Waals surface area contributed by atoms with Crippen LogP contribution < -0.4 is 44.2 Å². The second kappa shape index (κ2) is 11.1. The normalized spacial score (nSPS) is 14.9. The molecule has 1 aliphatic heterocycles. The molecule has 0 aromatic heterocycles. The van der Waals surface area contributed by atoms with Gasteiger partial charge in [-0.05, 0) is 25.6 Å². The first-order valence-electron chi connectivity index (χ1n) is 5.61. The van der Waals surface area contributed by atoms with Crippen LogP contribution in [0.15, 0.2) is 4.99 Å². The Morgan fingerprint density at radius 1 is 1.28 bits per heavy atom. The van der Waals surface area contributed by atoms with Crippen molar-refractivity contribution in [3.8, 4) is 0 Å². The van der Waals surface area contributed by atoms with E-state index in [1.54, 1.807) is 0 Å². The monoisotopic (exact) mass is 403 g/mol. The zero-order chi connectivity index (χ0) is 12.0. The van der Waals surface area contributed by atoms with Crippen molar-refractivity contribution in [2.45, 2.75) is 20.3 Å². The number of nitrogens with zero attached hydrogens (tertiary/aromatic N) is 1. The number of rotatable bonds is 5. The van der Waals surface area contributed by atoms with Gasteiger partial charge in [-0.25, -0.2) is 10.1 Å². The third-order valence-electron chi connectivity index (χ3n) is 2.55. The van der Waals surface area contributed by atoms with Crippen LogP contribution in [0.3, 0.4) is 0 Å². The van der Waals surface area contributed by atoms with Crippen LogP contribution in [-0.4, -0.2) is 42.4 Å². The molecule has 1 rings (SSSR count). The Bertz CT molecular complexity index is 309. The Morgan fingerprint density at radius 3 is 2.39 bits per heavy atom. The average Bonchev–Trinajstić information content (AvgIpc) is 2.23. The van der Waals surface area contributed by atoms with Gasteiger partial charge in [-0.1, -0.05) is 0 Å². The number of primary amides is 1. The van der Waals surface area contributed by atoms with Gasteiger partial charge in [0.15, 0.2) is 0 Å². The summed E-state index contributed by atoms with van der Waals surface area (Å²) in [4.78, 5) is 27.5. The number of amides is 2. The van der Waals surface area contributed by atoms with Crippen LogP contribution in [0.25, 0.3) is 0 Å². The van der Waals surface area contributed by atoms with Crippen molar-refractivity contribution in [2.24, 2.45) is 4.99 Å². The molecule has 0 fully saturated rings. The van der Waals surface area contributed by atoms with E-state index >= 15 is 0 Å². The molecule has 0 saturated heterocycles. The van der Waals surface area contributed by atoms with Gasteiger partial charge in [0, 0.05) is 0 Å². The van der Waals surface area contributed by atoms with Gasteiger partial charge in [0.1, 0.15) is 6.42 Å². The van der Waals surface area contributed by atoms with Crippen LogP contribution in [0.2, 0.25) is 0 Å². The lowest BCUT2D eigenvalue weighted by Crippen LogP contribution is -3.11. The van der Waals surface area contributed by atoms with E-state index in [2.05, 4.69) is 18.8 Å². The second-order valence-electron chi connectivity index (χ2n) is 3.69. The van der Waals surface area contributed by atoms with Crippen LogP contribution in [0.1, 0.15) is 20.3 Å². The van der Waals surface area contributed by atoms with Crippen molar-refractivity contribution in [3.05, 3.63) is 0 Å². The molecule has 0 saturated carbocycles. The Balaban J connectivity index is 0. The fourth-order valence-electron chi connectivity index (χ4n) is 1.51. The fraction of sp³-hybridized carbons (Fsp3) is 0.700. The molecule has 106 valence electrons. The Labute approximate surface area is 133 Å². The summed E-state index contributed by atoms with van der Waals surface area (Å²) in [5.41, 5.74) is 0. The lowest BCUT2D eigenvalue weighted by Gasteiger charge is -2.14. The smallest absolute Gasteiger partial charge is 0.326 e. The van der Waals surface area contributed by atoms with Gasteiger partial charge < -0.3 is 38.9 Å². The summed E-state index contributed by atoms with van der Waals surface area (Å²) in [7, 11) is 0. The first-order chi connectivity index (χ1) is 7.65. The summed E-state index contributed by atoms with van der Waals surface area (Å²) < 4.78 is 0. The van der Waals surface area contributed by atoms with E-state index in [1.165, 1.54) is 22.0 Å². The number of nitrogens with two attached hydrogens (primary N) is 1. The number of hydrogen-bond acceptors (Lipinski definition) is 3. The number of carbonyl (C=O) groups is 2. The predicted molar refractivity (Wildman–Crippen MR) is 63.4 cm³/mol. The summed E-state index contributed by atoms with van der Waals surface area (Å²) in [5.74, 6) is 0.454. The molecule has 0 aromatic carbocycles. The minimum absolute atomic E-state index is 0. The third-order valence-corrected chi connectivity index (χ3v) is 3.46. The summed E-state index contributed by atoms with van der Waals surface area (Å²) in [6.07, 6.45) is -0.0641. The Kier molecular flexibility index (Phi) is 12.7. The molecule has 1 heterocycles. The maximum Gasteiger partial charge on any atom is 0.326 e. The topological polar surface area (TPSA) is 67.6 Å². The van der Waals surface area contributed by atoms with Crippen LogP contribution in [0.5, 0.6) is 0 Å². The minimum Gasteiger partial charge on any atom is -1.00 e. The number of amidine groups is 1. The number of carbonyl (C=O) groups excluding carboxylic acids is 2. The zero-order valence-corrected chi connectivity index (χ0v) is 14.5. The highest BCUT2D eigenvalue weighted by atomic mass is 79.9. The molecule has 0 atom stereocenters. The first-order valence-corrected chi connectivity index (χ1v) is 6.59. The summed E-state index contributed by atoms with van der Waals surface area (Å²) in [5, 5.41) is 2.05. The number of aliphatic imine (C=N–C) groups is 1. The molecule has 0 radical (unpaired) electrons. The highest BCUT2D eigenvalue weighted by Gasteiger charge is 2.23. The van der Waals surface area contributed by atoms with Crippen LogP contribution in [-0.2, 0) is 9.59 Å². The van der Waals surface area contributed by atoms with Gasteiger partial charge in [0.2, 0.25) is 0 Å². The molecule has 5 nitrogen and oxygen atoms in total. The summed E-state index contributed by atoms with van der Waals surface area (Å²) >= 11 is 1.50. The van der Waals surface area contributed by atoms with Gasteiger partial charge >= 0.3 is 5.91 Å². The summed E-state index contributed by atoms with van der Waals surface area (Å²) in [6, 6.07) is 0. The number of quaternary nitrogens is 2. The van der Waals surface area contributed by atoms with Crippen molar-refractivity contribution in [1.82, 2.24) is 0 Å². The molecule has 0 aromatic rings. The second-order valence-corrected chi connectivity index (χ2v) is 4.80. The molecule has 0 aliphatic carbocycles. The highest BCUT2D eigenvalue weighted by molar-refractivity contribution is 8.13. The number of nitrogens with one attached hydrogen (secondary N) is 1. The van der Waals surface area contributed by atoms with Crippen molar-refractivity contribution < 1.29 is 53.8 Å². The van der Waals surface area contributed by atoms with E-state index in [9.17, 15) is 9.59 Å². The third kappa shape index (κ3) is 7.63. The highest BCUT2D eigenvalue weighted by Crippen LogP contribution is 2.00. The van der Waals surface area contributed by atoms with Gasteiger partial charge in [0.25, 0.3) is 11.1 Å². The molecule has 0 spiro atoms. The van der Waals surface area contributed by atoms with E-state index in [1.807, 2.05) is 0 Å². The van der Waals surface area contributed by atoms with Crippen molar-refractivity contribution in [2.75, 3.05) is 25.4 Å². The molecule has 0 unspecified atom stereocenters. The van der Waals surface area contributed by atoms with Gasteiger partial charge in [0.05, 0.1) is 25.4 Å². The maximum absolute atomic E-state index is 11.1. The lowest BCUT2D eigenvalue weighted by atomic mass is 10.4. The van der Waals surface area contributed by atoms with Crippen molar-refractivity contribution >= 4 is 28.7 Å². The largest absolute Gasteiger partial charge is 1.00 e. The number of halogens is 2. The molecule has 0 bridgehead atoms. The van der Waals surface area contributed by atoms with Crippen molar-refractivity contribution in [1.29, 1.82) is 0 Å². The molecule has 8 heteroatoms. The minimum atomic E-state index is -0.315. The van der Waals surface area contributed by atoms with Gasteiger partial charge in [-0.2, -0.15) is 4.99 Å². The van der Waals surface area contributed by atoms with Crippen LogP contribution in [0.4, 0.5) is 0 Å². The summed E-state index contributed by atoms with van der Waals surface area (Å²) in [6.45, 7) is 7.55. The maximum atomic E-state index is 11.1. The van der Waals surface area contributed by atoms with Gasteiger partial charge in [-0.15, -0.1) is 0 Å². The quantitative estimate of drug-likeness (QED) is 0.447. The Hall–Kier alpha value is 0.240. The van der Waals surface area contributed by atoms with E-state index in [0.29, 0.717) is 5.17 Å². The molecule has 18 heavy (non-hydrogen) atoms. The molecule has 2 amide bonds. The predicted octanol–water partition coefficient (Wildman–Crippen LogP) is -7.97. The van der Waals surface area contributed by atoms with E-state index in [0.717, 1.165) is 25.4 Å².